The van der Waals surface area contributed by atoms with E-state index in [0.29, 0.717) is 13.0 Å². The summed E-state index contributed by atoms with van der Waals surface area (Å²) in [5.41, 5.74) is 5.68. The number of carboxylic acid groups (broad SMARTS) is 1. The highest BCUT2D eigenvalue weighted by Crippen LogP contribution is 2.17. The number of amides is 1. The molecule has 1 aliphatic heterocycles. The Morgan fingerprint density at radius 1 is 1.50 bits per heavy atom. The van der Waals surface area contributed by atoms with Crippen LogP contribution in [-0.2, 0) is 14.3 Å². The second-order valence-electron chi connectivity index (χ2n) is 5.04. The molecule has 0 aromatic rings. The highest BCUT2D eigenvalue weighted by molar-refractivity contribution is 5.86. The summed E-state index contributed by atoms with van der Waals surface area (Å²) in [4.78, 5) is 22.8. The molecule has 0 aromatic heterocycles. The van der Waals surface area contributed by atoms with Crippen molar-refractivity contribution in [3.8, 4) is 0 Å². The summed E-state index contributed by atoms with van der Waals surface area (Å²) in [5, 5.41) is 11.6. The maximum absolute atomic E-state index is 11.7. The molecule has 6 heteroatoms. The molecule has 6 nitrogen and oxygen atoms in total. The Labute approximate surface area is 107 Å². The lowest BCUT2D eigenvalue weighted by molar-refractivity contribution is -0.143. The van der Waals surface area contributed by atoms with Crippen LogP contribution in [0.3, 0.4) is 0 Å². The normalized spacial score (nSPS) is 22.8. The number of nitrogens with two attached hydrogens (primary N) is 1. The van der Waals surface area contributed by atoms with Gasteiger partial charge in [-0.2, -0.15) is 0 Å². The Bertz CT molecular complexity index is 300. The van der Waals surface area contributed by atoms with E-state index in [0.717, 1.165) is 12.8 Å². The quantitative estimate of drug-likeness (QED) is 0.627. The van der Waals surface area contributed by atoms with Crippen LogP contribution in [-0.4, -0.2) is 41.8 Å². The first kappa shape index (κ1) is 14.9. The molecular weight excluding hydrogens is 236 g/mol. The molecule has 0 spiro atoms. The Morgan fingerprint density at radius 2 is 2.17 bits per heavy atom. The molecule has 0 aromatic carbocycles. The van der Waals surface area contributed by atoms with E-state index in [1.54, 1.807) is 0 Å². The third-order valence-corrected chi connectivity index (χ3v) is 3.16. The fourth-order valence-corrected chi connectivity index (χ4v) is 1.89. The molecule has 1 aliphatic rings. The molecular formula is C12H22N2O4. The highest BCUT2D eigenvalue weighted by atomic mass is 16.5. The topological polar surface area (TPSA) is 102 Å². The highest BCUT2D eigenvalue weighted by Gasteiger charge is 2.28. The molecule has 1 fully saturated rings. The minimum atomic E-state index is -1.05. The van der Waals surface area contributed by atoms with Crippen molar-refractivity contribution in [1.82, 2.24) is 5.32 Å². The van der Waals surface area contributed by atoms with Crippen molar-refractivity contribution in [2.24, 2.45) is 11.7 Å². The lowest BCUT2D eigenvalue weighted by atomic mass is 10.0. The first-order chi connectivity index (χ1) is 8.41. The van der Waals surface area contributed by atoms with E-state index in [2.05, 4.69) is 5.32 Å². The van der Waals surface area contributed by atoms with Crippen LogP contribution in [0.5, 0.6) is 0 Å². The third kappa shape index (κ3) is 4.27. The van der Waals surface area contributed by atoms with Gasteiger partial charge < -0.3 is 20.9 Å². The van der Waals surface area contributed by atoms with E-state index in [1.165, 1.54) is 0 Å². The Morgan fingerprint density at radius 3 is 2.61 bits per heavy atom. The summed E-state index contributed by atoms with van der Waals surface area (Å²) in [5.74, 6) is -1.49. The monoisotopic (exact) mass is 258 g/mol. The van der Waals surface area contributed by atoms with Crippen LogP contribution >= 0.6 is 0 Å². The molecule has 0 saturated carbocycles. The molecule has 0 unspecified atom stereocenters. The zero-order valence-electron chi connectivity index (χ0n) is 10.9. The van der Waals surface area contributed by atoms with E-state index < -0.39 is 24.0 Å². The number of rotatable bonds is 6. The van der Waals surface area contributed by atoms with Crippen LogP contribution in [0.2, 0.25) is 0 Å². The van der Waals surface area contributed by atoms with Gasteiger partial charge in [-0.05, 0) is 18.8 Å². The van der Waals surface area contributed by atoms with Gasteiger partial charge in [0.15, 0.2) is 0 Å². The number of ether oxygens (including phenoxy) is 1. The number of carboxylic acids is 1. The number of aliphatic carboxylic acids is 1. The molecule has 18 heavy (non-hydrogen) atoms. The van der Waals surface area contributed by atoms with Crippen molar-refractivity contribution in [1.29, 1.82) is 0 Å². The molecule has 4 N–H and O–H groups in total. The minimum Gasteiger partial charge on any atom is -0.480 e. The molecule has 0 aliphatic carbocycles. The Kier molecular flexibility index (Phi) is 5.55. The summed E-state index contributed by atoms with van der Waals surface area (Å²) in [7, 11) is 0. The molecule has 0 bridgehead atoms. The first-order valence-electron chi connectivity index (χ1n) is 6.32. The van der Waals surface area contributed by atoms with Crippen LogP contribution in [0.1, 0.15) is 33.1 Å². The van der Waals surface area contributed by atoms with Crippen molar-refractivity contribution >= 4 is 11.9 Å². The number of hydrogen-bond donors (Lipinski definition) is 3. The van der Waals surface area contributed by atoms with Gasteiger partial charge in [-0.1, -0.05) is 13.8 Å². The van der Waals surface area contributed by atoms with Gasteiger partial charge >= 0.3 is 5.97 Å². The third-order valence-electron chi connectivity index (χ3n) is 3.16. The Hall–Kier alpha value is -1.14. The van der Waals surface area contributed by atoms with Gasteiger partial charge in [0, 0.05) is 13.0 Å². The van der Waals surface area contributed by atoms with Gasteiger partial charge in [-0.3, -0.25) is 4.79 Å². The van der Waals surface area contributed by atoms with Gasteiger partial charge in [0.25, 0.3) is 0 Å². The van der Waals surface area contributed by atoms with E-state index in [4.69, 9.17) is 15.6 Å². The zero-order chi connectivity index (χ0) is 13.7. The van der Waals surface area contributed by atoms with Crippen molar-refractivity contribution in [3.05, 3.63) is 0 Å². The number of carbonyl (C=O) groups is 2. The van der Waals surface area contributed by atoms with E-state index >= 15 is 0 Å². The fourth-order valence-electron chi connectivity index (χ4n) is 1.89. The van der Waals surface area contributed by atoms with Crippen molar-refractivity contribution in [3.63, 3.8) is 0 Å². The molecule has 1 rings (SSSR count). The largest absolute Gasteiger partial charge is 0.480 e. The molecule has 1 amide bonds. The molecule has 3 atom stereocenters. The molecule has 1 saturated heterocycles. The SMILES string of the molecule is CC(C)[C@H](N)C(=O)N[C@@H](C[C@@H]1CCCO1)C(=O)O. The van der Waals surface area contributed by atoms with E-state index in [-0.39, 0.29) is 12.0 Å². The summed E-state index contributed by atoms with van der Waals surface area (Å²) in [6, 6.07) is -1.61. The first-order valence-corrected chi connectivity index (χ1v) is 6.32. The van der Waals surface area contributed by atoms with Gasteiger partial charge in [0.2, 0.25) is 5.91 Å². The minimum absolute atomic E-state index is 0.0258. The van der Waals surface area contributed by atoms with Crippen molar-refractivity contribution < 1.29 is 19.4 Å². The standard InChI is InChI=1S/C12H22N2O4/c1-7(2)10(13)11(15)14-9(12(16)17)6-8-4-3-5-18-8/h7-10H,3-6,13H2,1-2H3,(H,14,15)(H,16,17)/t8-,9-,10-/m0/s1. The summed E-state index contributed by atoms with van der Waals surface area (Å²) >= 11 is 0. The van der Waals surface area contributed by atoms with E-state index in [9.17, 15) is 9.59 Å². The Balaban J connectivity index is 2.51. The lowest BCUT2D eigenvalue weighted by Crippen LogP contribution is -2.51. The van der Waals surface area contributed by atoms with E-state index in [1.807, 2.05) is 13.8 Å². The summed E-state index contributed by atoms with van der Waals surface area (Å²) in [6.45, 7) is 4.30. The maximum atomic E-state index is 11.7. The van der Waals surface area contributed by atoms with Gasteiger partial charge in [0.1, 0.15) is 6.04 Å². The predicted octanol–water partition coefficient (Wildman–Crippen LogP) is 0.108. The van der Waals surface area contributed by atoms with Crippen LogP contribution in [0.4, 0.5) is 0 Å². The molecule has 104 valence electrons. The summed E-state index contributed by atoms with van der Waals surface area (Å²) < 4.78 is 5.38. The average molecular weight is 258 g/mol. The van der Waals surface area contributed by atoms with Crippen molar-refractivity contribution in [2.45, 2.75) is 51.3 Å². The number of carbonyl (C=O) groups excluding carboxylic acids is 1. The fraction of sp³-hybridized carbons (Fsp3) is 0.833. The number of nitrogens with one attached hydrogen (secondary N) is 1. The average Bonchev–Trinajstić information content (AvgIpc) is 2.79. The van der Waals surface area contributed by atoms with Crippen molar-refractivity contribution in [2.75, 3.05) is 6.61 Å². The zero-order valence-corrected chi connectivity index (χ0v) is 10.9. The number of hydrogen-bond acceptors (Lipinski definition) is 4. The molecule has 0 radical (unpaired) electrons. The predicted molar refractivity (Wildman–Crippen MR) is 66.0 cm³/mol. The van der Waals surface area contributed by atoms with Gasteiger partial charge in [0.05, 0.1) is 12.1 Å². The molecule has 1 heterocycles. The van der Waals surface area contributed by atoms with Crippen LogP contribution in [0.15, 0.2) is 0 Å². The van der Waals surface area contributed by atoms with Crippen LogP contribution in [0.25, 0.3) is 0 Å². The van der Waals surface area contributed by atoms with Crippen LogP contribution < -0.4 is 11.1 Å². The van der Waals surface area contributed by atoms with Gasteiger partial charge in [-0.25, -0.2) is 4.79 Å². The van der Waals surface area contributed by atoms with Crippen LogP contribution in [0, 0.1) is 5.92 Å². The second kappa shape index (κ2) is 6.70. The second-order valence-corrected chi connectivity index (χ2v) is 5.04. The summed E-state index contributed by atoms with van der Waals surface area (Å²) in [6.07, 6.45) is 2.00. The van der Waals surface area contributed by atoms with Gasteiger partial charge in [-0.15, -0.1) is 0 Å². The smallest absolute Gasteiger partial charge is 0.326 e. The maximum Gasteiger partial charge on any atom is 0.326 e. The lowest BCUT2D eigenvalue weighted by Gasteiger charge is -2.21.